The maximum Gasteiger partial charge on any atom is 0.573 e. The van der Waals surface area contributed by atoms with E-state index in [4.69, 9.17) is 5.73 Å². The number of nitrogens with two attached hydrogens (primary N) is 1. The fourth-order valence-corrected chi connectivity index (χ4v) is 6.97. The number of carboxylic acid groups (broad SMARTS) is 1. The smallest absolute Gasteiger partial charge is 0.573 e. The van der Waals surface area contributed by atoms with Gasteiger partial charge in [-0.15, -0.1) is 25.6 Å². The molecule has 0 radical (unpaired) electrons. The summed E-state index contributed by atoms with van der Waals surface area (Å²) in [7, 11) is 0. The summed E-state index contributed by atoms with van der Waals surface area (Å²) in [4.78, 5) is 37.0. The zero-order valence-corrected chi connectivity index (χ0v) is 24.1. The first kappa shape index (κ1) is 31.5. The van der Waals surface area contributed by atoms with E-state index in [-0.39, 0.29) is 47.1 Å². The van der Waals surface area contributed by atoms with Crippen molar-refractivity contribution in [2.24, 2.45) is 0 Å². The minimum atomic E-state index is -5.09. The standard InChI is InChI=1S/C24H25F3N6O6S2.ClH/c25-24(26,27)39-18-11-15-13(3-5-29-20(15)28)9-14(18)10-17(22(35)36)32-8-4-16(21(32)34)33(41(37)38)19-12-30-23(40-19)31-6-1-2-7-31;/h3,5,9,11-12,16-17H,1-2,4,6-8,10H2,(H2,28,29)(H,35,36)(H,37,38);1H/p-1/t16-,17+;/m0./s1. The van der Waals surface area contributed by atoms with E-state index in [1.54, 1.807) is 0 Å². The molecule has 3 aromatic rings. The third-order valence-corrected chi connectivity index (χ3v) is 8.95. The minimum absolute atomic E-state index is 0. The van der Waals surface area contributed by atoms with Gasteiger partial charge in [0.25, 0.3) is 0 Å². The summed E-state index contributed by atoms with van der Waals surface area (Å²) in [5, 5.41) is 11.4. The molecule has 3 atom stereocenters. The van der Waals surface area contributed by atoms with E-state index in [2.05, 4.69) is 14.7 Å². The van der Waals surface area contributed by atoms with E-state index >= 15 is 0 Å². The number of hydrogen-bond donors (Lipinski definition) is 2. The highest BCUT2D eigenvalue weighted by atomic mass is 35.5. The number of alkyl halides is 3. The number of nitrogens with zero attached hydrogens (tertiary/aromatic N) is 5. The molecule has 228 valence electrons. The van der Waals surface area contributed by atoms with Crippen LogP contribution in [0.2, 0.25) is 0 Å². The SMILES string of the molecule is Cl.Nc1nccc2cc(C[C@H](C(=O)O)N3CC[C@H](N(c4cnc(N5CCCC5)s4)S(=O)[O-])C3=O)c(OC(F)(F)F)cc12. The molecule has 2 aliphatic heterocycles. The van der Waals surface area contributed by atoms with Gasteiger partial charge in [0.1, 0.15) is 28.7 Å². The van der Waals surface area contributed by atoms with Gasteiger partial charge in [0, 0.05) is 48.9 Å². The number of nitrogen functional groups attached to an aromatic ring is 1. The Morgan fingerprint density at radius 2 is 2.00 bits per heavy atom. The lowest BCUT2D eigenvalue weighted by Gasteiger charge is -2.31. The van der Waals surface area contributed by atoms with Gasteiger partial charge in [0.15, 0.2) is 5.13 Å². The van der Waals surface area contributed by atoms with Crippen LogP contribution < -0.4 is 19.7 Å². The number of fused-ring (bicyclic) bond motifs is 1. The van der Waals surface area contributed by atoms with Gasteiger partial charge in [0.2, 0.25) is 5.91 Å². The van der Waals surface area contributed by atoms with Crippen molar-refractivity contribution in [1.29, 1.82) is 0 Å². The monoisotopic (exact) mass is 649 g/mol. The molecule has 0 aliphatic carbocycles. The van der Waals surface area contributed by atoms with E-state index in [9.17, 15) is 36.6 Å². The largest absolute Gasteiger partial charge is 0.755 e. The molecule has 4 heterocycles. The van der Waals surface area contributed by atoms with E-state index in [0.29, 0.717) is 10.5 Å². The molecule has 2 aliphatic rings. The Hall–Kier alpha value is -3.41. The zero-order chi connectivity index (χ0) is 29.5. The van der Waals surface area contributed by atoms with Crippen molar-refractivity contribution >= 4 is 73.6 Å². The van der Waals surface area contributed by atoms with Gasteiger partial charge in [-0.25, -0.2) is 14.8 Å². The number of rotatable bonds is 9. The van der Waals surface area contributed by atoms with Crippen LogP contribution in [0.25, 0.3) is 10.8 Å². The van der Waals surface area contributed by atoms with Crippen molar-refractivity contribution < 1.29 is 41.4 Å². The highest BCUT2D eigenvalue weighted by Crippen LogP contribution is 2.37. The Morgan fingerprint density at radius 1 is 1.29 bits per heavy atom. The number of likely N-dealkylation sites (tertiary alicyclic amines) is 1. The number of ether oxygens (including phenoxy) is 1. The van der Waals surface area contributed by atoms with Crippen LogP contribution in [0, 0.1) is 0 Å². The van der Waals surface area contributed by atoms with Crippen LogP contribution in [0.3, 0.4) is 0 Å². The molecule has 5 rings (SSSR count). The van der Waals surface area contributed by atoms with Gasteiger partial charge in [-0.05, 0) is 48.4 Å². The van der Waals surface area contributed by atoms with Crippen molar-refractivity contribution in [2.45, 2.75) is 44.1 Å². The summed E-state index contributed by atoms with van der Waals surface area (Å²) < 4.78 is 69.3. The Balaban J connectivity index is 0.00000405. The zero-order valence-electron chi connectivity index (χ0n) is 21.7. The van der Waals surface area contributed by atoms with Crippen LogP contribution in [0.4, 0.5) is 29.1 Å². The molecular formula is C24H25ClF3N6O6S2-. The molecule has 2 saturated heterocycles. The molecule has 0 bridgehead atoms. The van der Waals surface area contributed by atoms with Crippen molar-refractivity contribution in [2.75, 3.05) is 34.6 Å². The first-order chi connectivity index (χ1) is 19.4. The lowest BCUT2D eigenvalue weighted by Crippen LogP contribution is -2.48. The summed E-state index contributed by atoms with van der Waals surface area (Å²) in [6.07, 6.45) is -0.993. The van der Waals surface area contributed by atoms with Crippen molar-refractivity contribution in [1.82, 2.24) is 14.9 Å². The Bertz CT molecular complexity index is 1510. The number of carbonyl (C=O) groups is 2. The fourth-order valence-electron chi connectivity index (χ4n) is 5.15. The van der Waals surface area contributed by atoms with Crippen molar-refractivity contribution in [3.63, 3.8) is 0 Å². The molecule has 42 heavy (non-hydrogen) atoms. The van der Waals surface area contributed by atoms with Crippen LogP contribution in [-0.4, -0.2) is 78.7 Å². The maximum atomic E-state index is 13.5. The predicted molar refractivity (Wildman–Crippen MR) is 150 cm³/mol. The quantitative estimate of drug-likeness (QED) is 0.329. The van der Waals surface area contributed by atoms with E-state index in [1.807, 2.05) is 4.90 Å². The van der Waals surface area contributed by atoms with Gasteiger partial charge >= 0.3 is 12.3 Å². The molecule has 1 aromatic carbocycles. The van der Waals surface area contributed by atoms with Crippen molar-refractivity contribution in [3.05, 3.63) is 36.2 Å². The molecule has 1 amide bonds. The molecule has 3 N–H and O–H groups in total. The van der Waals surface area contributed by atoms with Gasteiger partial charge in [-0.1, -0.05) is 11.3 Å². The fraction of sp³-hybridized carbons (Fsp3) is 0.417. The number of hydrogen-bond acceptors (Lipinski definition) is 10. The number of pyridine rings is 1. The highest BCUT2D eigenvalue weighted by molar-refractivity contribution is 7.81. The lowest BCUT2D eigenvalue weighted by molar-refractivity contribution is -0.274. The number of aromatic nitrogens is 2. The molecule has 12 nitrogen and oxygen atoms in total. The summed E-state index contributed by atoms with van der Waals surface area (Å²) in [5.74, 6) is -2.99. The summed E-state index contributed by atoms with van der Waals surface area (Å²) in [5.41, 5.74) is 5.67. The third-order valence-electron chi connectivity index (χ3n) is 7.01. The summed E-state index contributed by atoms with van der Waals surface area (Å²) in [6.45, 7) is 1.43. The minimum Gasteiger partial charge on any atom is -0.755 e. The van der Waals surface area contributed by atoms with Crippen LogP contribution in [-0.2, 0) is 27.3 Å². The number of carboxylic acids is 1. The first-order valence-electron chi connectivity index (χ1n) is 12.5. The number of benzene rings is 1. The normalized spacial score (nSPS) is 18.7. The Labute approximate surface area is 250 Å². The van der Waals surface area contributed by atoms with E-state index in [1.165, 1.54) is 24.5 Å². The summed E-state index contributed by atoms with van der Waals surface area (Å²) >= 11 is -1.78. The molecule has 0 spiro atoms. The number of anilines is 3. The van der Waals surface area contributed by atoms with Crippen LogP contribution in [0.5, 0.6) is 5.75 Å². The third kappa shape index (κ3) is 6.48. The number of carbonyl (C=O) groups excluding carboxylic acids is 1. The molecule has 0 saturated carbocycles. The van der Waals surface area contributed by atoms with E-state index in [0.717, 1.165) is 52.5 Å². The second kappa shape index (κ2) is 12.4. The highest BCUT2D eigenvalue weighted by Gasteiger charge is 2.43. The Kier molecular flexibility index (Phi) is 9.34. The number of amides is 1. The first-order valence-corrected chi connectivity index (χ1v) is 14.3. The molecule has 2 aromatic heterocycles. The average Bonchev–Trinajstić information content (AvgIpc) is 3.65. The van der Waals surface area contributed by atoms with Crippen molar-refractivity contribution in [3.8, 4) is 5.75 Å². The Morgan fingerprint density at radius 3 is 2.64 bits per heavy atom. The second-order valence-electron chi connectivity index (χ2n) is 9.54. The van der Waals surface area contributed by atoms with E-state index < -0.39 is 53.8 Å². The van der Waals surface area contributed by atoms with Gasteiger partial charge in [-0.2, -0.15) is 0 Å². The molecular weight excluding hydrogens is 625 g/mol. The number of aliphatic carboxylic acids is 1. The molecule has 18 heteroatoms. The lowest BCUT2D eigenvalue weighted by atomic mass is 10.00. The summed E-state index contributed by atoms with van der Waals surface area (Å²) in [6, 6.07) is 0.974. The second-order valence-corrected chi connectivity index (χ2v) is 11.4. The number of thiazole rings is 1. The topological polar surface area (TPSA) is 165 Å². The molecule has 2 fully saturated rings. The maximum absolute atomic E-state index is 13.5. The van der Waals surface area contributed by atoms with Crippen LogP contribution >= 0.6 is 23.7 Å². The van der Waals surface area contributed by atoms with Crippen LogP contribution in [0.15, 0.2) is 30.6 Å². The van der Waals surface area contributed by atoms with Crippen LogP contribution in [0.1, 0.15) is 24.8 Å². The van der Waals surface area contributed by atoms with Gasteiger partial charge < -0.3 is 29.9 Å². The number of halogens is 4. The predicted octanol–water partition coefficient (Wildman–Crippen LogP) is 3.09. The van der Waals surface area contributed by atoms with Gasteiger partial charge in [0.05, 0.1) is 6.20 Å². The van der Waals surface area contributed by atoms with Gasteiger partial charge in [-0.3, -0.25) is 13.3 Å². The molecule has 1 unspecified atom stereocenters. The average molecular weight is 650 g/mol.